The zero-order valence-electron chi connectivity index (χ0n) is 10.4. The first-order valence-corrected chi connectivity index (χ1v) is 6.26. The fourth-order valence-corrected chi connectivity index (χ4v) is 1.81. The summed E-state index contributed by atoms with van der Waals surface area (Å²) in [4.78, 5) is 15.5. The number of nitrogens with one attached hydrogen (secondary N) is 1. The lowest BCUT2D eigenvalue weighted by Crippen LogP contribution is -2.23. The molecular weight excluding hydrogens is 283 g/mol. The van der Waals surface area contributed by atoms with Crippen LogP contribution in [0.25, 0.3) is 0 Å². The number of amides is 1. The highest BCUT2D eigenvalue weighted by Gasteiger charge is 2.12. The molecule has 104 valence electrons. The van der Waals surface area contributed by atoms with Gasteiger partial charge >= 0.3 is 0 Å². The van der Waals surface area contributed by atoms with Crippen molar-refractivity contribution in [3.8, 4) is 0 Å². The van der Waals surface area contributed by atoms with Crippen molar-refractivity contribution in [2.24, 2.45) is 0 Å². The number of pyridine rings is 1. The molecule has 1 heterocycles. The van der Waals surface area contributed by atoms with Gasteiger partial charge in [-0.3, -0.25) is 4.79 Å². The van der Waals surface area contributed by atoms with E-state index in [0.29, 0.717) is 0 Å². The van der Waals surface area contributed by atoms with Crippen LogP contribution in [0.5, 0.6) is 0 Å². The molecule has 1 aromatic heterocycles. The first-order chi connectivity index (χ1) is 9.60. The van der Waals surface area contributed by atoms with Crippen LogP contribution in [0, 0.1) is 5.82 Å². The minimum atomic E-state index is -0.619. The number of aliphatic hydroxyl groups is 1. The van der Waals surface area contributed by atoms with Crippen LogP contribution in [0.4, 0.5) is 4.39 Å². The third-order valence-corrected chi connectivity index (χ3v) is 3.01. The maximum absolute atomic E-state index is 13.0. The fourth-order valence-electron chi connectivity index (χ4n) is 1.62. The van der Waals surface area contributed by atoms with E-state index in [4.69, 9.17) is 16.7 Å². The second-order valence-corrected chi connectivity index (χ2v) is 4.51. The first kappa shape index (κ1) is 14.4. The lowest BCUT2D eigenvalue weighted by Gasteiger charge is -2.07. The summed E-state index contributed by atoms with van der Waals surface area (Å²) in [5.74, 6) is -1.11. The molecule has 0 bridgehead atoms. The second-order valence-electron chi connectivity index (χ2n) is 4.15. The summed E-state index contributed by atoms with van der Waals surface area (Å²) in [7, 11) is 0. The molecule has 0 aliphatic rings. The molecule has 2 N–H and O–H groups in total. The number of hydrogen-bond donors (Lipinski definition) is 2. The Balaban J connectivity index is 2.02. The molecular formula is C14H12ClFN2O2. The molecule has 0 aliphatic carbocycles. The first-order valence-electron chi connectivity index (χ1n) is 5.88. The minimum Gasteiger partial charge on any atom is -0.392 e. The number of aliphatic hydroxyl groups excluding tert-OH is 1. The summed E-state index contributed by atoms with van der Waals surface area (Å²) < 4.78 is 13.0. The van der Waals surface area contributed by atoms with Crippen molar-refractivity contribution < 1.29 is 14.3 Å². The number of rotatable bonds is 4. The maximum Gasteiger partial charge on any atom is 0.254 e. The van der Waals surface area contributed by atoms with E-state index in [9.17, 15) is 9.18 Å². The van der Waals surface area contributed by atoms with Gasteiger partial charge < -0.3 is 10.4 Å². The highest BCUT2D eigenvalue weighted by Crippen LogP contribution is 2.13. The molecule has 0 atom stereocenters. The van der Waals surface area contributed by atoms with Gasteiger partial charge in [0.05, 0.1) is 18.4 Å². The van der Waals surface area contributed by atoms with Crippen LogP contribution in [0.1, 0.15) is 21.5 Å². The minimum absolute atomic E-state index is 0.00125. The third-order valence-electron chi connectivity index (χ3n) is 2.71. The van der Waals surface area contributed by atoms with Crippen molar-refractivity contribution in [2.75, 3.05) is 0 Å². The molecule has 4 nitrogen and oxygen atoms in total. The summed E-state index contributed by atoms with van der Waals surface area (Å²) >= 11 is 5.75. The van der Waals surface area contributed by atoms with Gasteiger partial charge in [0.2, 0.25) is 0 Å². The number of nitrogens with zero attached hydrogens (tertiary/aromatic N) is 1. The van der Waals surface area contributed by atoms with Crippen LogP contribution in [-0.2, 0) is 13.2 Å². The number of halogens is 2. The van der Waals surface area contributed by atoms with Gasteiger partial charge in [-0.05, 0) is 17.2 Å². The summed E-state index contributed by atoms with van der Waals surface area (Å²) in [5, 5.41) is 11.5. The molecule has 1 aromatic carbocycles. The predicted molar refractivity (Wildman–Crippen MR) is 72.7 cm³/mol. The van der Waals surface area contributed by atoms with Crippen LogP contribution >= 0.6 is 11.6 Å². The predicted octanol–water partition coefficient (Wildman–Crippen LogP) is 2.30. The quantitative estimate of drug-likeness (QED) is 0.851. The van der Waals surface area contributed by atoms with E-state index in [1.807, 2.05) is 0 Å². The van der Waals surface area contributed by atoms with Gasteiger partial charge in [0.25, 0.3) is 5.91 Å². The van der Waals surface area contributed by atoms with Crippen LogP contribution in [0.2, 0.25) is 5.15 Å². The second kappa shape index (κ2) is 6.45. The lowest BCUT2D eigenvalue weighted by atomic mass is 10.1. The number of carbonyl (C=O) groups excluding carboxylic acids is 1. The molecule has 0 fully saturated rings. The van der Waals surface area contributed by atoms with E-state index < -0.39 is 11.7 Å². The SMILES string of the molecule is O=C(NCc1ccc(CO)cc1)c1cc(F)cnc1Cl. The Morgan fingerprint density at radius 1 is 1.30 bits per heavy atom. The average molecular weight is 295 g/mol. The molecule has 20 heavy (non-hydrogen) atoms. The van der Waals surface area contributed by atoms with Crippen molar-refractivity contribution in [3.05, 3.63) is 64.2 Å². The van der Waals surface area contributed by atoms with E-state index in [-0.39, 0.29) is 23.9 Å². The van der Waals surface area contributed by atoms with Crippen molar-refractivity contribution in [3.63, 3.8) is 0 Å². The van der Waals surface area contributed by atoms with Gasteiger partial charge in [-0.2, -0.15) is 0 Å². The van der Waals surface area contributed by atoms with Crippen molar-refractivity contribution in [1.82, 2.24) is 10.3 Å². The van der Waals surface area contributed by atoms with Gasteiger partial charge in [0, 0.05) is 6.54 Å². The summed E-state index contributed by atoms with van der Waals surface area (Å²) in [5.41, 5.74) is 1.65. The number of hydrogen-bond acceptors (Lipinski definition) is 3. The Hall–Kier alpha value is -1.98. The van der Waals surface area contributed by atoms with Crippen molar-refractivity contribution >= 4 is 17.5 Å². The maximum atomic E-state index is 13.0. The number of carbonyl (C=O) groups is 1. The Bertz CT molecular complexity index is 617. The zero-order chi connectivity index (χ0) is 14.5. The van der Waals surface area contributed by atoms with Crippen LogP contribution in [0.15, 0.2) is 36.5 Å². The average Bonchev–Trinajstić information content (AvgIpc) is 2.47. The Labute approximate surface area is 120 Å². The van der Waals surface area contributed by atoms with Crippen LogP contribution in [0.3, 0.4) is 0 Å². The number of benzene rings is 1. The van der Waals surface area contributed by atoms with Crippen molar-refractivity contribution in [2.45, 2.75) is 13.2 Å². The molecule has 1 amide bonds. The molecule has 0 saturated heterocycles. The summed E-state index contributed by atoms with van der Waals surface area (Å²) in [6, 6.07) is 8.14. The topological polar surface area (TPSA) is 62.2 Å². The van der Waals surface area contributed by atoms with E-state index in [1.54, 1.807) is 24.3 Å². The van der Waals surface area contributed by atoms with Gasteiger partial charge in [0.1, 0.15) is 11.0 Å². The lowest BCUT2D eigenvalue weighted by molar-refractivity contribution is 0.0950. The smallest absolute Gasteiger partial charge is 0.254 e. The molecule has 0 aliphatic heterocycles. The Morgan fingerprint density at radius 2 is 1.95 bits per heavy atom. The highest BCUT2D eigenvalue weighted by atomic mass is 35.5. The van der Waals surface area contributed by atoms with E-state index in [2.05, 4.69) is 10.3 Å². The fraction of sp³-hybridized carbons (Fsp3) is 0.143. The zero-order valence-corrected chi connectivity index (χ0v) is 11.2. The van der Waals surface area contributed by atoms with Crippen LogP contribution < -0.4 is 5.32 Å². The normalized spacial score (nSPS) is 10.3. The Morgan fingerprint density at radius 3 is 2.60 bits per heavy atom. The Kier molecular flexibility index (Phi) is 4.65. The molecule has 0 radical (unpaired) electrons. The van der Waals surface area contributed by atoms with E-state index in [1.165, 1.54) is 0 Å². The molecule has 0 unspecified atom stereocenters. The monoisotopic (exact) mass is 294 g/mol. The molecule has 0 saturated carbocycles. The molecule has 6 heteroatoms. The highest BCUT2D eigenvalue weighted by molar-refractivity contribution is 6.32. The standard InChI is InChI=1S/C14H12ClFN2O2/c15-13-12(5-11(16)7-17-13)14(20)18-6-9-1-3-10(8-19)4-2-9/h1-5,7,19H,6,8H2,(H,18,20). The molecule has 0 spiro atoms. The van der Waals surface area contributed by atoms with E-state index >= 15 is 0 Å². The summed E-state index contributed by atoms with van der Waals surface area (Å²) in [6.07, 6.45) is 0.951. The van der Waals surface area contributed by atoms with Gasteiger partial charge in [-0.25, -0.2) is 9.37 Å². The molecule has 2 rings (SSSR count). The number of aromatic nitrogens is 1. The van der Waals surface area contributed by atoms with Gasteiger partial charge in [-0.15, -0.1) is 0 Å². The third kappa shape index (κ3) is 3.53. The van der Waals surface area contributed by atoms with Gasteiger partial charge in [0.15, 0.2) is 0 Å². The van der Waals surface area contributed by atoms with Crippen molar-refractivity contribution in [1.29, 1.82) is 0 Å². The summed E-state index contributed by atoms with van der Waals surface area (Å²) in [6.45, 7) is 0.245. The largest absolute Gasteiger partial charge is 0.392 e. The van der Waals surface area contributed by atoms with Gasteiger partial charge in [-0.1, -0.05) is 35.9 Å². The van der Waals surface area contributed by atoms with E-state index in [0.717, 1.165) is 23.4 Å². The molecule has 2 aromatic rings. The van der Waals surface area contributed by atoms with Crippen LogP contribution in [-0.4, -0.2) is 16.0 Å².